The molecule has 0 fully saturated rings. The van der Waals surface area contributed by atoms with Gasteiger partial charge in [-0.1, -0.05) is 12.1 Å². The number of thioether (sulfide) groups is 1. The maximum Gasteiger partial charge on any atom is 0.315 e. The Balaban J connectivity index is 2.43. The molecule has 2 rings (SSSR count). The topological polar surface area (TPSA) is 48.4 Å². The summed E-state index contributed by atoms with van der Waals surface area (Å²) in [5, 5.41) is 0.996. The molecule has 106 valence electrons. The first-order valence-corrected chi connectivity index (χ1v) is 7.37. The first kappa shape index (κ1) is 14.7. The molecule has 0 aliphatic rings. The zero-order valence-corrected chi connectivity index (χ0v) is 12.6. The van der Waals surface area contributed by atoms with Gasteiger partial charge >= 0.3 is 5.97 Å². The number of esters is 1. The Morgan fingerprint density at radius 3 is 2.90 bits per heavy atom. The van der Waals surface area contributed by atoms with Crippen molar-refractivity contribution in [1.82, 2.24) is 4.98 Å². The van der Waals surface area contributed by atoms with Crippen molar-refractivity contribution < 1.29 is 14.3 Å². The quantitative estimate of drug-likeness (QED) is 0.625. The predicted molar refractivity (Wildman–Crippen MR) is 80.4 cm³/mol. The van der Waals surface area contributed by atoms with E-state index in [1.807, 2.05) is 38.1 Å². The van der Waals surface area contributed by atoms with Crippen molar-refractivity contribution in [3.8, 4) is 5.75 Å². The Bertz CT molecular complexity index is 628. The Morgan fingerprint density at radius 1 is 1.40 bits per heavy atom. The molecule has 1 heterocycles. The number of carbonyl (C=O) groups is 1. The predicted octanol–water partition coefficient (Wildman–Crippen LogP) is 3.21. The van der Waals surface area contributed by atoms with Crippen LogP contribution < -0.4 is 4.74 Å². The van der Waals surface area contributed by atoms with Crippen LogP contribution in [0.3, 0.4) is 0 Å². The number of fused-ring (bicyclic) bond motifs is 1. The Hall–Kier alpha value is -1.75. The summed E-state index contributed by atoms with van der Waals surface area (Å²) < 4.78 is 10.3. The van der Waals surface area contributed by atoms with Crippen LogP contribution in [-0.2, 0) is 9.53 Å². The number of hydrogen-bond donors (Lipinski definition) is 0. The number of aromatic nitrogens is 1. The van der Waals surface area contributed by atoms with Gasteiger partial charge in [0.2, 0.25) is 0 Å². The maximum absolute atomic E-state index is 11.3. The molecule has 2 aromatic rings. The third-order valence-corrected chi connectivity index (χ3v) is 3.79. The van der Waals surface area contributed by atoms with E-state index in [2.05, 4.69) is 9.72 Å². The molecule has 0 radical (unpaired) electrons. The van der Waals surface area contributed by atoms with E-state index in [0.717, 1.165) is 27.2 Å². The largest absolute Gasteiger partial charge is 0.492 e. The average Bonchev–Trinajstić information content (AvgIpc) is 2.45. The van der Waals surface area contributed by atoms with Crippen LogP contribution in [0.25, 0.3) is 10.9 Å². The summed E-state index contributed by atoms with van der Waals surface area (Å²) in [6, 6.07) is 7.81. The molecule has 0 bridgehead atoms. The van der Waals surface area contributed by atoms with Gasteiger partial charge in [-0.3, -0.25) is 4.79 Å². The summed E-state index contributed by atoms with van der Waals surface area (Å²) >= 11 is 1.45. The second kappa shape index (κ2) is 6.61. The Kier molecular flexibility index (Phi) is 4.84. The van der Waals surface area contributed by atoms with Gasteiger partial charge in [0.1, 0.15) is 11.3 Å². The van der Waals surface area contributed by atoms with Crippen LogP contribution in [-0.4, -0.2) is 30.4 Å². The first-order chi connectivity index (χ1) is 9.65. The minimum Gasteiger partial charge on any atom is -0.492 e. The summed E-state index contributed by atoms with van der Waals surface area (Å²) in [6.45, 7) is 4.48. The van der Waals surface area contributed by atoms with Crippen LogP contribution in [0.15, 0.2) is 29.2 Å². The number of nitrogens with zero attached hydrogens (tertiary/aromatic N) is 1. The molecular weight excluding hydrogens is 274 g/mol. The minimum atomic E-state index is -0.237. The Morgan fingerprint density at radius 2 is 2.20 bits per heavy atom. The van der Waals surface area contributed by atoms with Crippen molar-refractivity contribution in [3.05, 3.63) is 30.0 Å². The smallest absolute Gasteiger partial charge is 0.315 e. The van der Waals surface area contributed by atoms with E-state index in [-0.39, 0.29) is 11.7 Å². The van der Waals surface area contributed by atoms with Gasteiger partial charge in [-0.05, 0) is 26.0 Å². The van der Waals surface area contributed by atoms with Crippen LogP contribution >= 0.6 is 11.8 Å². The van der Waals surface area contributed by atoms with E-state index in [1.54, 1.807) is 0 Å². The average molecular weight is 291 g/mol. The lowest BCUT2D eigenvalue weighted by Gasteiger charge is -2.11. The van der Waals surface area contributed by atoms with E-state index in [0.29, 0.717) is 6.61 Å². The van der Waals surface area contributed by atoms with Gasteiger partial charge in [-0.2, -0.15) is 0 Å². The van der Waals surface area contributed by atoms with E-state index in [4.69, 9.17) is 4.74 Å². The van der Waals surface area contributed by atoms with Crippen molar-refractivity contribution in [3.63, 3.8) is 0 Å². The third-order valence-electron chi connectivity index (χ3n) is 2.77. The van der Waals surface area contributed by atoms with Gasteiger partial charge < -0.3 is 9.47 Å². The van der Waals surface area contributed by atoms with Gasteiger partial charge in [0.15, 0.2) is 0 Å². The van der Waals surface area contributed by atoms with Crippen molar-refractivity contribution in [2.24, 2.45) is 0 Å². The van der Waals surface area contributed by atoms with Crippen LogP contribution in [0, 0.1) is 6.92 Å². The number of rotatable bonds is 5. The van der Waals surface area contributed by atoms with Crippen LogP contribution in [0.4, 0.5) is 0 Å². The molecule has 0 N–H and O–H groups in total. The summed E-state index contributed by atoms with van der Waals surface area (Å²) in [5.74, 6) is 0.820. The SMILES string of the molecule is CCOc1cccc2c(SCC(=O)OC)cc(C)nc12. The van der Waals surface area contributed by atoms with E-state index >= 15 is 0 Å². The molecule has 0 atom stereocenters. The summed E-state index contributed by atoms with van der Waals surface area (Å²) in [6.07, 6.45) is 0. The monoisotopic (exact) mass is 291 g/mol. The second-order valence-electron chi connectivity index (χ2n) is 4.21. The van der Waals surface area contributed by atoms with Gasteiger partial charge in [-0.25, -0.2) is 4.98 Å². The number of methoxy groups -OCH3 is 1. The third kappa shape index (κ3) is 3.22. The molecule has 0 amide bonds. The first-order valence-electron chi connectivity index (χ1n) is 6.38. The molecule has 1 aromatic carbocycles. The molecule has 1 aromatic heterocycles. The number of benzene rings is 1. The highest BCUT2D eigenvalue weighted by Crippen LogP contribution is 2.32. The van der Waals surface area contributed by atoms with Crippen molar-refractivity contribution in [1.29, 1.82) is 0 Å². The highest BCUT2D eigenvalue weighted by Gasteiger charge is 2.11. The molecule has 4 nitrogen and oxygen atoms in total. The molecule has 0 unspecified atom stereocenters. The van der Waals surface area contributed by atoms with Crippen LogP contribution in [0.2, 0.25) is 0 Å². The number of ether oxygens (including phenoxy) is 2. The van der Waals surface area contributed by atoms with Gasteiger partial charge in [0, 0.05) is 16.0 Å². The van der Waals surface area contributed by atoms with E-state index < -0.39 is 0 Å². The molecule has 0 aliphatic heterocycles. The molecule has 0 spiro atoms. The minimum absolute atomic E-state index is 0.237. The van der Waals surface area contributed by atoms with Gasteiger partial charge in [-0.15, -0.1) is 11.8 Å². The lowest BCUT2D eigenvalue weighted by Crippen LogP contribution is -2.03. The number of hydrogen-bond acceptors (Lipinski definition) is 5. The maximum atomic E-state index is 11.3. The summed E-state index contributed by atoms with van der Waals surface area (Å²) in [4.78, 5) is 16.9. The molecule has 20 heavy (non-hydrogen) atoms. The summed E-state index contributed by atoms with van der Waals surface area (Å²) in [5.41, 5.74) is 1.73. The molecule has 0 saturated heterocycles. The van der Waals surface area contributed by atoms with Gasteiger partial charge in [0.05, 0.1) is 19.5 Å². The normalized spacial score (nSPS) is 10.6. The molecule has 5 heteroatoms. The number of aryl methyl sites for hydroxylation is 1. The number of pyridine rings is 1. The van der Waals surface area contributed by atoms with Crippen LogP contribution in [0.5, 0.6) is 5.75 Å². The molecular formula is C15H17NO3S. The van der Waals surface area contributed by atoms with Crippen molar-refractivity contribution >= 4 is 28.6 Å². The van der Waals surface area contributed by atoms with Gasteiger partial charge in [0.25, 0.3) is 0 Å². The van der Waals surface area contributed by atoms with Crippen LogP contribution in [0.1, 0.15) is 12.6 Å². The standard InChI is InChI=1S/C15H17NO3S/c1-4-19-12-7-5-6-11-13(20-9-14(17)18-3)8-10(2)16-15(11)12/h5-8H,4,9H2,1-3H3. The fraction of sp³-hybridized carbons (Fsp3) is 0.333. The number of carbonyl (C=O) groups excluding carboxylic acids is 1. The Labute approximate surface area is 122 Å². The van der Waals surface area contributed by atoms with E-state index in [1.165, 1.54) is 18.9 Å². The van der Waals surface area contributed by atoms with E-state index in [9.17, 15) is 4.79 Å². The highest BCUT2D eigenvalue weighted by atomic mass is 32.2. The fourth-order valence-electron chi connectivity index (χ4n) is 1.90. The zero-order chi connectivity index (χ0) is 14.5. The lowest BCUT2D eigenvalue weighted by atomic mass is 10.2. The fourth-order valence-corrected chi connectivity index (χ4v) is 2.86. The molecule has 0 saturated carbocycles. The number of para-hydroxylation sites is 1. The van der Waals surface area contributed by atoms with Crippen molar-refractivity contribution in [2.45, 2.75) is 18.7 Å². The lowest BCUT2D eigenvalue weighted by molar-refractivity contribution is -0.137. The highest BCUT2D eigenvalue weighted by molar-refractivity contribution is 8.00. The molecule has 0 aliphatic carbocycles. The second-order valence-corrected chi connectivity index (χ2v) is 5.23. The summed E-state index contributed by atoms with van der Waals surface area (Å²) in [7, 11) is 1.39. The van der Waals surface area contributed by atoms with Crippen molar-refractivity contribution in [2.75, 3.05) is 19.5 Å². The zero-order valence-electron chi connectivity index (χ0n) is 11.8.